The van der Waals surface area contributed by atoms with Crippen LogP contribution in [0.1, 0.15) is 0 Å². The standard InChI is InChI=1S/C6H5NO2S3.ClH/c7-12(8,9)5-3-4-1-2-10-6(4)11-5;/h1-3H,(H2,7,8,9);1H. The van der Waals surface area contributed by atoms with Gasteiger partial charge in [0.2, 0.25) is 10.0 Å². The second kappa shape index (κ2) is 3.55. The van der Waals surface area contributed by atoms with Gasteiger partial charge in [0.25, 0.3) is 0 Å². The highest BCUT2D eigenvalue weighted by atomic mass is 35.5. The molecule has 0 aromatic carbocycles. The number of rotatable bonds is 1. The molecule has 0 radical (unpaired) electrons. The number of fused-ring (bicyclic) bond motifs is 1. The molecule has 0 amide bonds. The largest absolute Gasteiger partial charge is 0.247 e. The van der Waals surface area contributed by atoms with E-state index in [1.54, 1.807) is 6.07 Å². The van der Waals surface area contributed by atoms with E-state index in [1.165, 1.54) is 22.7 Å². The topological polar surface area (TPSA) is 60.2 Å². The Kier molecular flexibility index (Phi) is 2.98. The summed E-state index contributed by atoms with van der Waals surface area (Å²) >= 11 is 2.74. The first-order valence-corrected chi connectivity index (χ1v) is 6.31. The summed E-state index contributed by atoms with van der Waals surface area (Å²) < 4.78 is 23.0. The highest BCUT2D eigenvalue weighted by Gasteiger charge is 2.12. The molecule has 13 heavy (non-hydrogen) atoms. The van der Waals surface area contributed by atoms with Gasteiger partial charge in [0, 0.05) is 5.39 Å². The molecular formula is C6H6ClNO2S3. The van der Waals surface area contributed by atoms with Crippen molar-refractivity contribution in [3.63, 3.8) is 0 Å². The van der Waals surface area contributed by atoms with E-state index in [9.17, 15) is 8.42 Å². The molecule has 72 valence electrons. The number of sulfonamides is 1. The summed E-state index contributed by atoms with van der Waals surface area (Å²) in [7, 11) is -3.51. The molecule has 2 rings (SSSR count). The molecule has 2 N–H and O–H groups in total. The van der Waals surface area contributed by atoms with E-state index in [1.807, 2.05) is 11.4 Å². The van der Waals surface area contributed by atoms with E-state index in [4.69, 9.17) is 5.14 Å². The summed E-state index contributed by atoms with van der Waals surface area (Å²) in [5, 5.41) is 7.84. The number of hydrogen-bond acceptors (Lipinski definition) is 4. The summed E-state index contributed by atoms with van der Waals surface area (Å²) in [6.45, 7) is 0. The number of thiophene rings is 2. The molecule has 7 heteroatoms. The maximum Gasteiger partial charge on any atom is 0.247 e. The third kappa shape index (κ3) is 2.03. The molecule has 3 nitrogen and oxygen atoms in total. The second-order valence-corrected chi connectivity index (χ2v) is 6.29. The molecule has 0 spiro atoms. The van der Waals surface area contributed by atoms with Gasteiger partial charge in [-0.05, 0) is 17.5 Å². The average Bonchev–Trinajstić information content (AvgIpc) is 2.37. The highest BCUT2D eigenvalue weighted by molar-refractivity contribution is 7.91. The molecule has 0 atom stereocenters. The monoisotopic (exact) mass is 255 g/mol. The van der Waals surface area contributed by atoms with Crippen molar-refractivity contribution in [1.29, 1.82) is 0 Å². The lowest BCUT2D eigenvalue weighted by Crippen LogP contribution is -2.09. The lowest BCUT2D eigenvalue weighted by Gasteiger charge is -1.87. The maximum atomic E-state index is 10.9. The average molecular weight is 256 g/mol. The predicted octanol–water partition coefficient (Wildman–Crippen LogP) is 2.03. The Bertz CT molecular complexity index is 484. The van der Waals surface area contributed by atoms with Gasteiger partial charge in [0.1, 0.15) is 4.21 Å². The Balaban J connectivity index is 0.000000845. The summed E-state index contributed by atoms with van der Waals surface area (Å²) in [6, 6.07) is 3.48. The Morgan fingerprint density at radius 2 is 2.08 bits per heavy atom. The molecule has 0 unspecified atom stereocenters. The highest BCUT2D eigenvalue weighted by Crippen LogP contribution is 2.32. The van der Waals surface area contributed by atoms with Crippen LogP contribution in [0.2, 0.25) is 0 Å². The maximum absolute atomic E-state index is 10.9. The Morgan fingerprint density at radius 1 is 1.38 bits per heavy atom. The normalized spacial score (nSPS) is 11.5. The van der Waals surface area contributed by atoms with Crippen molar-refractivity contribution in [2.24, 2.45) is 5.14 Å². The van der Waals surface area contributed by atoms with Crippen LogP contribution in [-0.2, 0) is 10.0 Å². The van der Waals surface area contributed by atoms with Crippen LogP contribution in [0.3, 0.4) is 0 Å². The Labute approximate surface area is 89.6 Å². The van der Waals surface area contributed by atoms with Gasteiger partial charge < -0.3 is 0 Å². The van der Waals surface area contributed by atoms with Crippen LogP contribution >= 0.6 is 35.1 Å². The molecule has 2 heterocycles. The van der Waals surface area contributed by atoms with Crippen LogP contribution in [0.25, 0.3) is 9.40 Å². The first-order valence-electron chi connectivity index (χ1n) is 3.07. The molecular weight excluding hydrogens is 250 g/mol. The van der Waals surface area contributed by atoms with E-state index in [2.05, 4.69) is 0 Å². The number of primary sulfonamides is 1. The van der Waals surface area contributed by atoms with Crippen LogP contribution < -0.4 is 5.14 Å². The molecule has 0 aliphatic rings. The van der Waals surface area contributed by atoms with Crippen molar-refractivity contribution in [3.8, 4) is 0 Å². The predicted molar refractivity (Wildman–Crippen MR) is 58.3 cm³/mol. The van der Waals surface area contributed by atoms with Crippen molar-refractivity contribution in [2.75, 3.05) is 0 Å². The lowest BCUT2D eigenvalue weighted by atomic mass is 10.4. The van der Waals surface area contributed by atoms with E-state index in [-0.39, 0.29) is 16.6 Å². The summed E-state index contributed by atoms with van der Waals surface area (Å²) in [6.07, 6.45) is 0. The fourth-order valence-corrected chi connectivity index (χ4v) is 3.89. The van der Waals surface area contributed by atoms with Gasteiger partial charge in [-0.2, -0.15) is 0 Å². The number of halogens is 1. The molecule has 0 bridgehead atoms. The first kappa shape index (κ1) is 10.9. The molecule has 0 aliphatic heterocycles. The van der Waals surface area contributed by atoms with Crippen molar-refractivity contribution >= 4 is 54.5 Å². The SMILES string of the molecule is Cl.NS(=O)(=O)c1cc2ccsc2s1. The van der Waals surface area contributed by atoms with Gasteiger partial charge in [-0.15, -0.1) is 35.1 Å². The van der Waals surface area contributed by atoms with Crippen LogP contribution in [0.15, 0.2) is 21.7 Å². The van der Waals surface area contributed by atoms with E-state index in [0.717, 1.165) is 9.40 Å². The summed E-state index contributed by atoms with van der Waals surface area (Å²) in [5.41, 5.74) is 0. The van der Waals surface area contributed by atoms with Gasteiger partial charge in [-0.25, -0.2) is 13.6 Å². The van der Waals surface area contributed by atoms with Crippen molar-refractivity contribution in [1.82, 2.24) is 0 Å². The zero-order valence-corrected chi connectivity index (χ0v) is 9.52. The van der Waals surface area contributed by atoms with Gasteiger partial charge in [0.15, 0.2) is 0 Å². The van der Waals surface area contributed by atoms with Crippen LogP contribution in [-0.4, -0.2) is 8.42 Å². The summed E-state index contributed by atoms with van der Waals surface area (Å²) in [5.74, 6) is 0. The molecule has 2 aromatic rings. The minimum atomic E-state index is -3.51. The van der Waals surface area contributed by atoms with E-state index < -0.39 is 10.0 Å². The minimum Gasteiger partial charge on any atom is -0.224 e. The Hall–Kier alpha value is -0.140. The second-order valence-electron chi connectivity index (χ2n) is 2.27. The number of hydrogen-bond donors (Lipinski definition) is 1. The van der Waals surface area contributed by atoms with E-state index >= 15 is 0 Å². The van der Waals surface area contributed by atoms with Gasteiger partial charge in [-0.3, -0.25) is 0 Å². The fourth-order valence-electron chi connectivity index (χ4n) is 0.883. The smallest absolute Gasteiger partial charge is 0.224 e. The van der Waals surface area contributed by atoms with Crippen molar-refractivity contribution < 1.29 is 8.42 Å². The lowest BCUT2D eigenvalue weighted by molar-refractivity contribution is 0.600. The molecule has 0 saturated heterocycles. The van der Waals surface area contributed by atoms with Crippen molar-refractivity contribution in [2.45, 2.75) is 4.21 Å². The summed E-state index contributed by atoms with van der Waals surface area (Å²) in [4.78, 5) is 0. The van der Waals surface area contributed by atoms with Gasteiger partial charge >= 0.3 is 0 Å². The van der Waals surface area contributed by atoms with Crippen LogP contribution in [0.4, 0.5) is 0 Å². The Morgan fingerprint density at radius 3 is 2.62 bits per heavy atom. The third-order valence-electron chi connectivity index (χ3n) is 1.41. The molecule has 0 aliphatic carbocycles. The molecule has 0 fully saturated rings. The number of nitrogens with two attached hydrogens (primary N) is 1. The third-order valence-corrected chi connectivity index (χ3v) is 5.03. The molecule has 2 aromatic heterocycles. The zero-order valence-electron chi connectivity index (χ0n) is 6.26. The van der Waals surface area contributed by atoms with Gasteiger partial charge in [-0.1, -0.05) is 0 Å². The zero-order chi connectivity index (χ0) is 8.77. The fraction of sp³-hybridized carbons (Fsp3) is 0. The first-order chi connectivity index (χ1) is 5.57. The molecule has 0 saturated carbocycles. The van der Waals surface area contributed by atoms with Crippen molar-refractivity contribution in [3.05, 3.63) is 17.5 Å². The van der Waals surface area contributed by atoms with Crippen LogP contribution in [0.5, 0.6) is 0 Å². The minimum absolute atomic E-state index is 0. The van der Waals surface area contributed by atoms with Gasteiger partial charge in [0.05, 0.1) is 4.01 Å². The van der Waals surface area contributed by atoms with Crippen LogP contribution in [0, 0.1) is 0 Å². The van der Waals surface area contributed by atoms with E-state index in [0.29, 0.717) is 0 Å². The quantitative estimate of drug-likeness (QED) is 0.848.